The molecular weight excluding hydrogens is 276 g/mol. The Kier molecular flexibility index (Phi) is 4.72. The molecule has 3 atom stereocenters. The van der Waals surface area contributed by atoms with Crippen molar-refractivity contribution in [3.05, 3.63) is 47.5 Å². The van der Waals surface area contributed by atoms with Crippen molar-refractivity contribution in [2.45, 2.75) is 24.7 Å². The maximum atomic E-state index is 12.0. The summed E-state index contributed by atoms with van der Waals surface area (Å²) < 4.78 is 9.76. The van der Waals surface area contributed by atoms with Gasteiger partial charge >= 0.3 is 11.9 Å². The van der Waals surface area contributed by atoms with E-state index in [1.54, 1.807) is 30.3 Å². The zero-order valence-corrected chi connectivity index (χ0v) is 11.4. The molecule has 3 unspecified atom stereocenters. The average molecular weight is 292 g/mol. The minimum Gasteiger partial charge on any atom is -0.466 e. The van der Waals surface area contributed by atoms with E-state index in [0.29, 0.717) is 5.56 Å². The van der Waals surface area contributed by atoms with Crippen LogP contribution >= 0.6 is 0 Å². The van der Waals surface area contributed by atoms with Gasteiger partial charge in [-0.15, -0.1) is 0 Å². The molecule has 1 aliphatic carbocycles. The topological polar surface area (TPSA) is 93.1 Å². The summed E-state index contributed by atoms with van der Waals surface area (Å²) >= 11 is 0. The van der Waals surface area contributed by atoms with Crippen LogP contribution in [-0.2, 0) is 14.3 Å². The van der Waals surface area contributed by atoms with E-state index < -0.39 is 30.3 Å². The molecule has 6 nitrogen and oxygen atoms in total. The molecule has 21 heavy (non-hydrogen) atoms. The molecule has 1 aliphatic rings. The van der Waals surface area contributed by atoms with Gasteiger partial charge < -0.3 is 19.7 Å². The van der Waals surface area contributed by atoms with E-state index >= 15 is 0 Å². The second kappa shape index (κ2) is 6.51. The lowest BCUT2D eigenvalue weighted by atomic mass is 9.92. The fourth-order valence-electron chi connectivity index (χ4n) is 2.10. The maximum absolute atomic E-state index is 12.0. The summed E-state index contributed by atoms with van der Waals surface area (Å²) in [4.78, 5) is 23.5. The maximum Gasteiger partial charge on any atom is 0.338 e. The Bertz CT molecular complexity index is 551. The normalized spacial score (nSPS) is 24.9. The van der Waals surface area contributed by atoms with Crippen LogP contribution in [0.4, 0.5) is 0 Å². The Hall–Kier alpha value is -2.18. The lowest BCUT2D eigenvalue weighted by molar-refractivity contribution is -0.137. The van der Waals surface area contributed by atoms with Gasteiger partial charge in [0.1, 0.15) is 18.3 Å². The lowest BCUT2D eigenvalue weighted by Gasteiger charge is -2.30. The van der Waals surface area contributed by atoms with Crippen LogP contribution in [0.5, 0.6) is 0 Å². The van der Waals surface area contributed by atoms with E-state index in [9.17, 15) is 19.8 Å². The van der Waals surface area contributed by atoms with Crippen LogP contribution in [-0.4, -0.2) is 47.6 Å². The molecule has 6 heteroatoms. The molecule has 0 aromatic heterocycles. The second-order valence-corrected chi connectivity index (χ2v) is 4.68. The van der Waals surface area contributed by atoms with E-state index in [0.717, 1.165) is 0 Å². The molecule has 1 aromatic rings. The average Bonchev–Trinajstić information content (AvgIpc) is 2.51. The van der Waals surface area contributed by atoms with Crippen LogP contribution in [0.3, 0.4) is 0 Å². The predicted octanol–water partition coefficient (Wildman–Crippen LogP) is 0.437. The highest BCUT2D eigenvalue weighted by atomic mass is 16.6. The van der Waals surface area contributed by atoms with Crippen molar-refractivity contribution in [1.82, 2.24) is 0 Å². The number of hydrogen-bond donors (Lipinski definition) is 2. The van der Waals surface area contributed by atoms with E-state index in [1.807, 2.05) is 0 Å². The summed E-state index contributed by atoms with van der Waals surface area (Å²) in [6.07, 6.45) is -2.38. The van der Waals surface area contributed by atoms with Gasteiger partial charge in [-0.2, -0.15) is 0 Å². The molecule has 0 radical (unpaired) electrons. The monoisotopic (exact) mass is 292 g/mol. The van der Waals surface area contributed by atoms with E-state index in [2.05, 4.69) is 4.74 Å². The Morgan fingerprint density at radius 3 is 2.43 bits per heavy atom. The minimum absolute atomic E-state index is 0.0104. The van der Waals surface area contributed by atoms with Crippen molar-refractivity contribution in [3.63, 3.8) is 0 Å². The van der Waals surface area contributed by atoms with Gasteiger partial charge in [-0.05, 0) is 18.2 Å². The summed E-state index contributed by atoms with van der Waals surface area (Å²) in [6, 6.07) is 8.27. The molecule has 0 aliphatic heterocycles. The number of carbonyl (C=O) groups is 2. The van der Waals surface area contributed by atoms with Gasteiger partial charge in [0, 0.05) is 12.0 Å². The van der Waals surface area contributed by atoms with Crippen molar-refractivity contribution in [1.29, 1.82) is 0 Å². The van der Waals surface area contributed by atoms with Crippen molar-refractivity contribution >= 4 is 11.9 Å². The van der Waals surface area contributed by atoms with Gasteiger partial charge in [-0.3, -0.25) is 0 Å². The molecule has 0 heterocycles. The summed E-state index contributed by atoms with van der Waals surface area (Å²) in [5.74, 6) is -1.25. The van der Waals surface area contributed by atoms with Crippen LogP contribution in [0.2, 0.25) is 0 Å². The summed E-state index contributed by atoms with van der Waals surface area (Å²) in [7, 11) is 1.21. The van der Waals surface area contributed by atoms with E-state index in [1.165, 1.54) is 13.2 Å². The lowest BCUT2D eigenvalue weighted by Crippen LogP contribution is -2.43. The molecule has 0 fully saturated rings. The highest BCUT2D eigenvalue weighted by molar-refractivity contribution is 5.90. The highest BCUT2D eigenvalue weighted by Crippen LogP contribution is 2.24. The first-order chi connectivity index (χ1) is 10.0. The predicted molar refractivity (Wildman–Crippen MR) is 72.4 cm³/mol. The van der Waals surface area contributed by atoms with Gasteiger partial charge in [-0.25, -0.2) is 9.59 Å². The molecule has 0 saturated heterocycles. The van der Waals surface area contributed by atoms with Crippen molar-refractivity contribution in [2.24, 2.45) is 0 Å². The Labute approximate surface area is 121 Å². The van der Waals surface area contributed by atoms with Crippen LogP contribution in [0.15, 0.2) is 42.0 Å². The Morgan fingerprint density at radius 2 is 1.81 bits per heavy atom. The minimum atomic E-state index is -1.29. The van der Waals surface area contributed by atoms with E-state index in [-0.39, 0.29) is 12.0 Å². The first-order valence-electron chi connectivity index (χ1n) is 6.44. The zero-order chi connectivity index (χ0) is 15.4. The third-order valence-electron chi connectivity index (χ3n) is 3.24. The molecule has 0 spiro atoms. The van der Waals surface area contributed by atoms with Gasteiger partial charge in [0.2, 0.25) is 0 Å². The van der Waals surface area contributed by atoms with Crippen LogP contribution in [0.25, 0.3) is 0 Å². The number of hydrogen-bond acceptors (Lipinski definition) is 6. The summed E-state index contributed by atoms with van der Waals surface area (Å²) in [5, 5.41) is 19.6. The molecule has 0 bridgehead atoms. The summed E-state index contributed by atoms with van der Waals surface area (Å²) in [5.41, 5.74) is 0.495. The van der Waals surface area contributed by atoms with Gasteiger partial charge in [-0.1, -0.05) is 18.2 Å². The number of methoxy groups -OCH3 is 1. The standard InChI is InChI=1S/C15H16O6/c1-20-14(18)10-7-11(16)13(17)12(8-10)21-15(19)9-5-3-2-4-6-9/h2-7,11-13,16-17H,8H2,1H3. The number of esters is 2. The van der Waals surface area contributed by atoms with Crippen LogP contribution in [0, 0.1) is 0 Å². The molecule has 1 aromatic carbocycles. The molecule has 2 N–H and O–H groups in total. The molecule has 112 valence electrons. The highest BCUT2D eigenvalue weighted by Gasteiger charge is 2.36. The SMILES string of the molecule is COC(=O)C1=CC(O)C(O)C(OC(=O)c2ccccc2)C1. The van der Waals surface area contributed by atoms with Gasteiger partial charge in [0.25, 0.3) is 0 Å². The van der Waals surface area contributed by atoms with E-state index in [4.69, 9.17) is 4.74 Å². The third kappa shape index (κ3) is 3.48. The molecule has 0 amide bonds. The Balaban J connectivity index is 2.11. The van der Waals surface area contributed by atoms with Crippen molar-refractivity contribution < 1.29 is 29.3 Å². The third-order valence-corrected chi connectivity index (χ3v) is 3.24. The number of aliphatic hydroxyl groups is 2. The van der Waals surface area contributed by atoms with Gasteiger partial charge in [0.15, 0.2) is 0 Å². The van der Waals surface area contributed by atoms with Crippen LogP contribution < -0.4 is 0 Å². The number of rotatable bonds is 3. The van der Waals surface area contributed by atoms with Crippen molar-refractivity contribution in [2.75, 3.05) is 7.11 Å². The number of carbonyl (C=O) groups excluding carboxylic acids is 2. The molecule has 0 saturated carbocycles. The summed E-state index contributed by atoms with van der Waals surface area (Å²) in [6.45, 7) is 0. The number of ether oxygens (including phenoxy) is 2. The Morgan fingerprint density at radius 1 is 1.14 bits per heavy atom. The fraction of sp³-hybridized carbons (Fsp3) is 0.333. The zero-order valence-electron chi connectivity index (χ0n) is 11.4. The molecule has 2 rings (SSSR count). The number of benzene rings is 1. The second-order valence-electron chi connectivity index (χ2n) is 4.68. The fourth-order valence-corrected chi connectivity index (χ4v) is 2.10. The largest absolute Gasteiger partial charge is 0.466 e. The quantitative estimate of drug-likeness (QED) is 0.785. The van der Waals surface area contributed by atoms with Crippen molar-refractivity contribution in [3.8, 4) is 0 Å². The number of aliphatic hydroxyl groups excluding tert-OH is 2. The smallest absolute Gasteiger partial charge is 0.338 e. The molecular formula is C15H16O6. The van der Waals surface area contributed by atoms with Crippen LogP contribution in [0.1, 0.15) is 16.8 Å². The van der Waals surface area contributed by atoms with Gasteiger partial charge in [0.05, 0.1) is 12.7 Å². The first-order valence-corrected chi connectivity index (χ1v) is 6.44. The first kappa shape index (κ1) is 15.2.